The van der Waals surface area contributed by atoms with Gasteiger partial charge in [-0.05, 0) is 32.6 Å². The zero-order valence-corrected chi connectivity index (χ0v) is 10.8. The molecule has 18 heavy (non-hydrogen) atoms. The number of anilines is 2. The molecule has 1 saturated carbocycles. The smallest absolute Gasteiger partial charge is 0.323 e. The van der Waals surface area contributed by atoms with Crippen molar-refractivity contribution in [1.29, 1.82) is 0 Å². The molecule has 0 spiro atoms. The molecule has 1 atom stereocenters. The summed E-state index contributed by atoms with van der Waals surface area (Å²) in [6.07, 6.45) is 3.84. The van der Waals surface area contributed by atoms with Crippen LogP contribution >= 0.6 is 0 Å². The molecule has 0 saturated heterocycles. The van der Waals surface area contributed by atoms with E-state index in [2.05, 4.69) is 32.6 Å². The fourth-order valence-electron chi connectivity index (χ4n) is 1.94. The van der Waals surface area contributed by atoms with E-state index in [1.165, 1.54) is 19.3 Å². The average Bonchev–Trinajstić information content (AvgIpc) is 2.26. The third-order valence-corrected chi connectivity index (χ3v) is 3.23. The summed E-state index contributed by atoms with van der Waals surface area (Å²) in [5.41, 5.74) is 2.41. The molecular weight excluding hydrogens is 232 g/mol. The van der Waals surface area contributed by atoms with E-state index in [9.17, 15) is 0 Å². The highest BCUT2D eigenvalue weighted by Crippen LogP contribution is 2.30. The van der Waals surface area contributed by atoms with Gasteiger partial charge in [-0.1, -0.05) is 6.42 Å². The lowest BCUT2D eigenvalue weighted by molar-refractivity contribution is 0.283. The first kappa shape index (κ1) is 12.8. The maximum atomic E-state index is 5.33. The van der Waals surface area contributed by atoms with Gasteiger partial charge in [0.2, 0.25) is 11.9 Å². The number of nitrogens with two attached hydrogens (primary N) is 1. The first-order valence-electron chi connectivity index (χ1n) is 6.35. The minimum Gasteiger partial charge on any atom is -0.464 e. The topological polar surface area (TPSA) is 98.0 Å². The first-order chi connectivity index (χ1) is 8.72. The van der Waals surface area contributed by atoms with Crippen molar-refractivity contribution in [3.63, 3.8) is 0 Å². The summed E-state index contributed by atoms with van der Waals surface area (Å²) >= 11 is 0. The summed E-state index contributed by atoms with van der Waals surface area (Å²) < 4.78 is 5.27. The SMILES string of the molecule is CCOc1nc(NN)nc(NC(C)C2CCC2)n1. The lowest BCUT2D eigenvalue weighted by Gasteiger charge is -2.31. The van der Waals surface area contributed by atoms with Crippen LogP contribution in [0.25, 0.3) is 0 Å². The minimum absolute atomic E-state index is 0.281. The Kier molecular flexibility index (Phi) is 4.14. The van der Waals surface area contributed by atoms with Crippen LogP contribution in [0.1, 0.15) is 33.1 Å². The summed E-state index contributed by atoms with van der Waals surface area (Å²) in [6.45, 7) is 4.53. The quantitative estimate of drug-likeness (QED) is 0.516. The number of aromatic nitrogens is 3. The van der Waals surface area contributed by atoms with Crippen molar-refractivity contribution < 1.29 is 4.74 Å². The van der Waals surface area contributed by atoms with Crippen molar-refractivity contribution in [1.82, 2.24) is 15.0 Å². The molecule has 0 aromatic carbocycles. The van der Waals surface area contributed by atoms with Crippen molar-refractivity contribution in [2.24, 2.45) is 11.8 Å². The third-order valence-electron chi connectivity index (χ3n) is 3.23. The Labute approximate surface area is 107 Å². The van der Waals surface area contributed by atoms with Crippen LogP contribution in [0, 0.1) is 5.92 Å². The highest BCUT2D eigenvalue weighted by molar-refractivity contribution is 5.35. The fourth-order valence-corrected chi connectivity index (χ4v) is 1.94. The predicted octanol–water partition coefficient (Wildman–Crippen LogP) is 1.16. The second kappa shape index (κ2) is 5.81. The zero-order chi connectivity index (χ0) is 13.0. The van der Waals surface area contributed by atoms with Crippen molar-refractivity contribution >= 4 is 11.9 Å². The molecule has 1 fully saturated rings. The number of hydrogen-bond donors (Lipinski definition) is 3. The van der Waals surface area contributed by atoms with Gasteiger partial charge in [-0.25, -0.2) is 5.84 Å². The minimum atomic E-state index is 0.281. The molecule has 1 aliphatic carbocycles. The molecular formula is C11H20N6O. The van der Waals surface area contributed by atoms with Gasteiger partial charge < -0.3 is 10.1 Å². The van der Waals surface area contributed by atoms with Crippen LogP contribution in [0.5, 0.6) is 6.01 Å². The van der Waals surface area contributed by atoms with Gasteiger partial charge in [-0.15, -0.1) is 0 Å². The molecule has 0 bridgehead atoms. The van der Waals surface area contributed by atoms with Crippen LogP contribution in [0.3, 0.4) is 0 Å². The van der Waals surface area contributed by atoms with Gasteiger partial charge >= 0.3 is 6.01 Å². The monoisotopic (exact) mass is 252 g/mol. The van der Waals surface area contributed by atoms with Crippen LogP contribution in [0.15, 0.2) is 0 Å². The summed E-state index contributed by atoms with van der Waals surface area (Å²) in [4.78, 5) is 12.4. The normalized spacial score (nSPS) is 16.8. The standard InChI is InChI=1S/C11H20N6O/c1-3-18-11-15-9(14-10(16-11)17-12)13-7(2)8-5-4-6-8/h7-8H,3-6,12H2,1-2H3,(H2,13,14,15,16,17). The summed E-state index contributed by atoms with van der Waals surface area (Å²) in [5, 5.41) is 3.28. The molecule has 0 amide bonds. The largest absolute Gasteiger partial charge is 0.464 e. The molecule has 7 heteroatoms. The lowest BCUT2D eigenvalue weighted by Crippen LogP contribution is -2.31. The number of nitrogen functional groups attached to an aromatic ring is 1. The predicted molar refractivity (Wildman–Crippen MR) is 69.2 cm³/mol. The van der Waals surface area contributed by atoms with Gasteiger partial charge in [0.25, 0.3) is 0 Å². The van der Waals surface area contributed by atoms with Crippen LogP contribution in [-0.4, -0.2) is 27.6 Å². The van der Waals surface area contributed by atoms with Crippen LogP contribution in [0.2, 0.25) is 0 Å². The molecule has 4 N–H and O–H groups in total. The molecule has 0 aliphatic heterocycles. The van der Waals surface area contributed by atoms with Crippen LogP contribution in [0.4, 0.5) is 11.9 Å². The Hall–Kier alpha value is -1.63. The van der Waals surface area contributed by atoms with Gasteiger partial charge in [-0.2, -0.15) is 15.0 Å². The van der Waals surface area contributed by atoms with Gasteiger partial charge in [0.1, 0.15) is 0 Å². The summed E-state index contributed by atoms with van der Waals surface area (Å²) in [7, 11) is 0. The number of hydrazine groups is 1. The molecule has 1 aliphatic rings. The van der Waals surface area contributed by atoms with E-state index in [0.29, 0.717) is 30.5 Å². The second-order valence-electron chi connectivity index (χ2n) is 4.47. The van der Waals surface area contributed by atoms with Crippen molar-refractivity contribution in [2.45, 2.75) is 39.2 Å². The van der Waals surface area contributed by atoms with Gasteiger partial charge in [0, 0.05) is 6.04 Å². The molecule has 1 aromatic rings. The maximum Gasteiger partial charge on any atom is 0.323 e. The lowest BCUT2D eigenvalue weighted by atomic mass is 9.80. The number of hydrogen-bond acceptors (Lipinski definition) is 7. The number of nitrogens with zero attached hydrogens (tertiary/aromatic N) is 3. The molecule has 1 unspecified atom stereocenters. The van der Waals surface area contributed by atoms with E-state index in [-0.39, 0.29) is 6.01 Å². The highest BCUT2D eigenvalue weighted by Gasteiger charge is 2.24. The maximum absolute atomic E-state index is 5.33. The Balaban J connectivity index is 2.07. The summed E-state index contributed by atoms with van der Waals surface area (Å²) in [6, 6.07) is 0.630. The van der Waals surface area contributed by atoms with Crippen LogP contribution in [-0.2, 0) is 0 Å². The molecule has 1 aromatic heterocycles. The molecule has 0 radical (unpaired) electrons. The number of nitrogens with one attached hydrogen (secondary N) is 2. The van der Waals surface area contributed by atoms with E-state index < -0.39 is 0 Å². The van der Waals surface area contributed by atoms with E-state index in [0.717, 1.165) is 0 Å². The van der Waals surface area contributed by atoms with Crippen molar-refractivity contribution in [3.8, 4) is 6.01 Å². The van der Waals surface area contributed by atoms with Crippen molar-refractivity contribution in [3.05, 3.63) is 0 Å². The Bertz CT molecular complexity index is 395. The van der Waals surface area contributed by atoms with Gasteiger partial charge in [0.05, 0.1) is 6.61 Å². The Morgan fingerprint density at radius 1 is 1.33 bits per heavy atom. The summed E-state index contributed by atoms with van der Waals surface area (Å²) in [5.74, 6) is 6.83. The second-order valence-corrected chi connectivity index (χ2v) is 4.47. The average molecular weight is 252 g/mol. The number of rotatable bonds is 6. The van der Waals surface area contributed by atoms with E-state index in [1.807, 2.05) is 6.92 Å². The Morgan fingerprint density at radius 2 is 2.06 bits per heavy atom. The molecule has 100 valence electrons. The fraction of sp³-hybridized carbons (Fsp3) is 0.727. The van der Waals surface area contributed by atoms with E-state index >= 15 is 0 Å². The van der Waals surface area contributed by atoms with Crippen molar-refractivity contribution in [2.75, 3.05) is 17.3 Å². The first-order valence-corrected chi connectivity index (χ1v) is 6.35. The Morgan fingerprint density at radius 3 is 2.61 bits per heavy atom. The molecule has 1 heterocycles. The van der Waals surface area contributed by atoms with E-state index in [1.54, 1.807) is 0 Å². The third kappa shape index (κ3) is 2.98. The van der Waals surface area contributed by atoms with Gasteiger partial charge in [-0.3, -0.25) is 5.43 Å². The zero-order valence-electron chi connectivity index (χ0n) is 10.8. The molecule has 7 nitrogen and oxygen atoms in total. The van der Waals surface area contributed by atoms with Crippen LogP contribution < -0.4 is 21.3 Å². The van der Waals surface area contributed by atoms with Gasteiger partial charge in [0.15, 0.2) is 0 Å². The highest BCUT2D eigenvalue weighted by atomic mass is 16.5. The molecule has 2 rings (SSSR count). The number of ether oxygens (including phenoxy) is 1. The van der Waals surface area contributed by atoms with E-state index in [4.69, 9.17) is 10.6 Å².